The highest BCUT2D eigenvalue weighted by Gasteiger charge is 2.07. The van der Waals surface area contributed by atoms with Gasteiger partial charge in [0.05, 0.1) is 11.9 Å². The van der Waals surface area contributed by atoms with Crippen molar-refractivity contribution in [1.82, 2.24) is 4.98 Å². The van der Waals surface area contributed by atoms with Gasteiger partial charge in [0.25, 0.3) is 5.91 Å². The first kappa shape index (κ1) is 13.3. The lowest BCUT2D eigenvalue weighted by molar-refractivity contribution is 0.102. The maximum atomic E-state index is 11.9. The molecule has 0 radical (unpaired) electrons. The first-order chi connectivity index (χ1) is 8.56. The Morgan fingerprint density at radius 3 is 2.61 bits per heavy atom. The number of hydrogen-bond acceptors (Lipinski definition) is 2. The highest BCUT2D eigenvalue weighted by molar-refractivity contribution is 14.1. The van der Waals surface area contributed by atoms with E-state index in [9.17, 15) is 4.79 Å². The lowest BCUT2D eigenvalue weighted by atomic mass is 10.2. The minimum absolute atomic E-state index is 0.157. The summed E-state index contributed by atoms with van der Waals surface area (Å²) < 4.78 is 1.09. The quantitative estimate of drug-likeness (QED) is 0.642. The second-order valence-electron chi connectivity index (χ2n) is 3.79. The number of aromatic nitrogens is 1. The second kappa shape index (κ2) is 5.67. The molecule has 1 N–H and O–H groups in total. The molecule has 1 aromatic heterocycles. The molecular weight excluding hydrogens is 363 g/mol. The summed E-state index contributed by atoms with van der Waals surface area (Å²) in [5.41, 5.74) is 2.08. The predicted octanol–water partition coefficient (Wildman–Crippen LogP) is 3.90. The van der Waals surface area contributed by atoms with Gasteiger partial charge in [-0.2, -0.15) is 0 Å². The van der Waals surface area contributed by atoms with E-state index < -0.39 is 0 Å². The van der Waals surface area contributed by atoms with Crippen molar-refractivity contribution in [1.29, 1.82) is 0 Å². The number of nitrogens with one attached hydrogen (secondary N) is 1. The molecular formula is C13H10ClIN2O. The fraction of sp³-hybridized carbons (Fsp3) is 0.0769. The van der Waals surface area contributed by atoms with E-state index in [1.54, 1.807) is 24.4 Å². The molecule has 0 saturated heterocycles. The molecule has 5 heteroatoms. The Morgan fingerprint density at radius 1 is 1.33 bits per heavy atom. The Bertz CT molecular complexity index is 584. The van der Waals surface area contributed by atoms with Crippen LogP contribution in [0, 0.1) is 10.5 Å². The smallest absolute Gasteiger partial charge is 0.255 e. The average Bonchev–Trinajstić information content (AvgIpc) is 2.34. The third-order valence-corrected chi connectivity index (χ3v) is 3.49. The minimum atomic E-state index is -0.157. The van der Waals surface area contributed by atoms with Crippen LogP contribution in [0.25, 0.3) is 0 Å². The lowest BCUT2D eigenvalue weighted by Crippen LogP contribution is -2.12. The molecule has 1 heterocycles. The summed E-state index contributed by atoms with van der Waals surface area (Å²) in [6.45, 7) is 1.84. The van der Waals surface area contributed by atoms with Crippen molar-refractivity contribution >= 4 is 45.8 Å². The van der Waals surface area contributed by atoms with Gasteiger partial charge in [0.15, 0.2) is 0 Å². The molecule has 0 spiro atoms. The molecule has 2 aromatic rings. The van der Waals surface area contributed by atoms with E-state index >= 15 is 0 Å². The molecule has 18 heavy (non-hydrogen) atoms. The Labute approximate surface area is 124 Å². The number of hydrogen-bond donors (Lipinski definition) is 1. The van der Waals surface area contributed by atoms with E-state index in [1.165, 1.54) is 0 Å². The Balaban J connectivity index is 2.16. The van der Waals surface area contributed by atoms with Crippen LogP contribution in [0.3, 0.4) is 0 Å². The number of carbonyl (C=O) groups is 1. The molecule has 0 saturated carbocycles. The summed E-state index contributed by atoms with van der Waals surface area (Å²) >= 11 is 8.02. The number of rotatable bonds is 2. The van der Waals surface area contributed by atoms with E-state index in [-0.39, 0.29) is 5.91 Å². The van der Waals surface area contributed by atoms with Crippen LogP contribution >= 0.6 is 34.2 Å². The molecule has 0 aliphatic rings. The molecule has 1 aromatic carbocycles. The molecule has 1 amide bonds. The van der Waals surface area contributed by atoms with E-state index in [0.717, 1.165) is 9.13 Å². The molecule has 0 atom stereocenters. The van der Waals surface area contributed by atoms with Crippen molar-refractivity contribution in [3.63, 3.8) is 0 Å². The zero-order valence-electron chi connectivity index (χ0n) is 9.58. The van der Waals surface area contributed by atoms with Crippen LogP contribution in [0.2, 0.25) is 5.15 Å². The first-order valence-corrected chi connectivity index (χ1v) is 6.71. The number of amides is 1. The number of anilines is 1. The summed E-state index contributed by atoms with van der Waals surface area (Å²) in [6.07, 6.45) is 1.54. The standard InChI is InChI=1S/C13H10ClIN2O/c1-8-6-11(7-16-12(8)14)17-13(18)9-2-4-10(15)5-3-9/h2-7H,1H3,(H,17,18). The number of halogens is 2. The number of pyridine rings is 1. The van der Waals surface area contributed by atoms with Crippen LogP contribution in [0.5, 0.6) is 0 Å². The summed E-state index contributed by atoms with van der Waals surface area (Å²) in [6, 6.07) is 9.14. The number of aryl methyl sites for hydroxylation is 1. The van der Waals surface area contributed by atoms with Crippen molar-refractivity contribution in [2.75, 3.05) is 5.32 Å². The second-order valence-corrected chi connectivity index (χ2v) is 5.40. The van der Waals surface area contributed by atoms with Crippen LogP contribution in [-0.2, 0) is 0 Å². The molecule has 0 unspecified atom stereocenters. The van der Waals surface area contributed by atoms with Crippen LogP contribution in [0.1, 0.15) is 15.9 Å². The third kappa shape index (κ3) is 3.20. The van der Waals surface area contributed by atoms with Crippen LogP contribution in [-0.4, -0.2) is 10.9 Å². The zero-order valence-corrected chi connectivity index (χ0v) is 12.5. The van der Waals surface area contributed by atoms with Gasteiger partial charge in [0, 0.05) is 9.13 Å². The first-order valence-electron chi connectivity index (χ1n) is 5.25. The molecule has 3 nitrogen and oxygen atoms in total. The van der Waals surface area contributed by atoms with E-state index in [2.05, 4.69) is 32.9 Å². The predicted molar refractivity (Wildman–Crippen MR) is 81.1 cm³/mol. The monoisotopic (exact) mass is 372 g/mol. The topological polar surface area (TPSA) is 42.0 Å². The number of nitrogens with zero attached hydrogens (tertiary/aromatic N) is 1. The van der Waals surface area contributed by atoms with Crippen molar-refractivity contribution in [3.05, 3.63) is 56.4 Å². The maximum absolute atomic E-state index is 11.9. The molecule has 0 fully saturated rings. The Morgan fingerprint density at radius 2 is 2.00 bits per heavy atom. The van der Waals surface area contributed by atoms with E-state index in [4.69, 9.17) is 11.6 Å². The van der Waals surface area contributed by atoms with Crippen molar-refractivity contribution in [2.24, 2.45) is 0 Å². The Kier molecular flexibility index (Phi) is 4.19. The van der Waals surface area contributed by atoms with Gasteiger partial charge in [-0.25, -0.2) is 4.98 Å². The summed E-state index contributed by atoms with van der Waals surface area (Å²) in [4.78, 5) is 15.9. The molecule has 0 aliphatic carbocycles. The largest absolute Gasteiger partial charge is 0.321 e. The van der Waals surface area contributed by atoms with Gasteiger partial charge in [-0.05, 0) is 65.4 Å². The number of carbonyl (C=O) groups excluding carboxylic acids is 1. The lowest BCUT2D eigenvalue weighted by Gasteiger charge is -2.06. The molecule has 0 aliphatic heterocycles. The van der Waals surface area contributed by atoms with Gasteiger partial charge in [-0.15, -0.1) is 0 Å². The highest BCUT2D eigenvalue weighted by Crippen LogP contribution is 2.17. The summed E-state index contributed by atoms with van der Waals surface area (Å²) in [5, 5.41) is 3.23. The summed E-state index contributed by atoms with van der Waals surface area (Å²) in [7, 11) is 0. The highest BCUT2D eigenvalue weighted by atomic mass is 127. The SMILES string of the molecule is Cc1cc(NC(=O)c2ccc(I)cc2)cnc1Cl. The summed E-state index contributed by atoms with van der Waals surface area (Å²) in [5.74, 6) is -0.157. The van der Waals surface area contributed by atoms with E-state index in [0.29, 0.717) is 16.4 Å². The number of benzene rings is 1. The van der Waals surface area contributed by atoms with Gasteiger partial charge in [-0.1, -0.05) is 11.6 Å². The normalized spacial score (nSPS) is 10.2. The van der Waals surface area contributed by atoms with Crippen molar-refractivity contribution in [3.8, 4) is 0 Å². The van der Waals surface area contributed by atoms with Crippen molar-refractivity contribution in [2.45, 2.75) is 6.92 Å². The van der Waals surface area contributed by atoms with E-state index in [1.807, 2.05) is 19.1 Å². The van der Waals surface area contributed by atoms with Gasteiger partial charge in [-0.3, -0.25) is 4.79 Å². The zero-order chi connectivity index (χ0) is 13.1. The fourth-order valence-electron chi connectivity index (χ4n) is 1.43. The molecule has 92 valence electrons. The Hall–Kier alpha value is -1.14. The average molecular weight is 373 g/mol. The van der Waals surface area contributed by atoms with Gasteiger partial charge in [0.1, 0.15) is 5.15 Å². The van der Waals surface area contributed by atoms with Crippen molar-refractivity contribution < 1.29 is 4.79 Å². The molecule has 2 rings (SSSR count). The van der Waals surface area contributed by atoms with Crippen LogP contribution < -0.4 is 5.32 Å². The van der Waals surface area contributed by atoms with Crippen LogP contribution in [0.15, 0.2) is 36.5 Å². The van der Waals surface area contributed by atoms with Gasteiger partial charge in [0.2, 0.25) is 0 Å². The maximum Gasteiger partial charge on any atom is 0.255 e. The van der Waals surface area contributed by atoms with Crippen LogP contribution in [0.4, 0.5) is 5.69 Å². The third-order valence-electron chi connectivity index (χ3n) is 2.38. The van der Waals surface area contributed by atoms with Gasteiger partial charge >= 0.3 is 0 Å². The minimum Gasteiger partial charge on any atom is -0.321 e. The molecule has 0 bridgehead atoms. The fourth-order valence-corrected chi connectivity index (χ4v) is 1.89. The van der Waals surface area contributed by atoms with Gasteiger partial charge < -0.3 is 5.32 Å².